The van der Waals surface area contributed by atoms with Gasteiger partial charge in [0.1, 0.15) is 0 Å². The second kappa shape index (κ2) is 6.64. The molecule has 3 nitrogen and oxygen atoms in total. The molecule has 0 aromatic heterocycles. The Morgan fingerprint density at radius 2 is 1.70 bits per heavy atom. The first-order valence-corrected chi connectivity index (χ1v) is 8.54. The largest absolute Gasteiger partial charge is 0.481 e. The van der Waals surface area contributed by atoms with E-state index in [1.54, 1.807) is 12.1 Å². The number of carbonyl (C=O) groups is 2. The molecule has 0 amide bonds. The molecule has 0 heterocycles. The van der Waals surface area contributed by atoms with E-state index < -0.39 is 11.2 Å². The van der Waals surface area contributed by atoms with Crippen molar-refractivity contribution in [1.82, 2.24) is 0 Å². The predicted molar refractivity (Wildman–Crippen MR) is 92.0 cm³/mol. The normalized spacial score (nSPS) is 25.1. The van der Waals surface area contributed by atoms with E-state index in [0.29, 0.717) is 11.5 Å². The van der Waals surface area contributed by atoms with Gasteiger partial charge in [0.15, 0.2) is 0 Å². The van der Waals surface area contributed by atoms with Gasteiger partial charge in [0.05, 0.1) is 6.42 Å². The van der Waals surface area contributed by atoms with Crippen LogP contribution in [0.3, 0.4) is 0 Å². The lowest BCUT2D eigenvalue weighted by molar-refractivity contribution is -0.143. The van der Waals surface area contributed by atoms with Gasteiger partial charge in [0, 0.05) is 5.56 Å². The standard InChI is InChI=1S/C19H25ClO3/c1-18(2,3)19(12-16(21)22)10-8-14(9-11-19)13-4-6-15(7-5-13)17(20)23/h4-7,14H,8-12H2,1-3H3,(H,21,22). The maximum Gasteiger partial charge on any atom is 0.303 e. The number of carbonyl (C=O) groups excluding carboxylic acids is 1. The molecule has 1 aliphatic carbocycles. The summed E-state index contributed by atoms with van der Waals surface area (Å²) < 4.78 is 0. The van der Waals surface area contributed by atoms with E-state index in [4.69, 9.17) is 11.6 Å². The molecule has 0 unspecified atom stereocenters. The average Bonchev–Trinajstić information content (AvgIpc) is 2.46. The molecule has 1 saturated carbocycles. The minimum Gasteiger partial charge on any atom is -0.481 e. The number of hydrogen-bond acceptors (Lipinski definition) is 2. The number of carboxylic acid groups (broad SMARTS) is 1. The number of aliphatic carboxylic acids is 1. The Hall–Kier alpha value is -1.35. The van der Waals surface area contributed by atoms with Crippen molar-refractivity contribution in [1.29, 1.82) is 0 Å². The molecule has 0 radical (unpaired) electrons. The molecule has 23 heavy (non-hydrogen) atoms. The molecule has 0 spiro atoms. The van der Waals surface area contributed by atoms with E-state index in [1.807, 2.05) is 12.1 Å². The van der Waals surface area contributed by atoms with Gasteiger partial charge < -0.3 is 5.11 Å². The molecule has 0 bridgehead atoms. The second-order valence-corrected chi connectivity index (χ2v) is 8.11. The minimum absolute atomic E-state index is 0.0226. The molecule has 0 aliphatic heterocycles. The fourth-order valence-corrected chi connectivity index (χ4v) is 4.00. The van der Waals surface area contributed by atoms with E-state index in [9.17, 15) is 14.7 Å². The van der Waals surface area contributed by atoms with Crippen LogP contribution in [0.5, 0.6) is 0 Å². The lowest BCUT2D eigenvalue weighted by Crippen LogP contribution is -2.40. The molecule has 0 saturated heterocycles. The zero-order valence-corrected chi connectivity index (χ0v) is 14.8. The van der Waals surface area contributed by atoms with Gasteiger partial charge in [-0.3, -0.25) is 9.59 Å². The molecule has 1 aliphatic rings. The van der Waals surface area contributed by atoms with Crippen molar-refractivity contribution in [2.75, 3.05) is 0 Å². The van der Waals surface area contributed by atoms with Crippen LogP contribution in [-0.4, -0.2) is 16.3 Å². The molecule has 0 atom stereocenters. The molecule has 126 valence electrons. The molecular weight excluding hydrogens is 312 g/mol. The van der Waals surface area contributed by atoms with Crippen LogP contribution in [-0.2, 0) is 4.79 Å². The third kappa shape index (κ3) is 3.95. The highest BCUT2D eigenvalue weighted by Crippen LogP contribution is 2.54. The Balaban J connectivity index is 2.12. The van der Waals surface area contributed by atoms with Gasteiger partial charge in [-0.15, -0.1) is 0 Å². The zero-order chi connectivity index (χ0) is 17.3. The Morgan fingerprint density at radius 3 is 2.09 bits per heavy atom. The summed E-state index contributed by atoms with van der Waals surface area (Å²) in [5.41, 5.74) is 1.57. The Bertz CT molecular complexity index is 576. The topological polar surface area (TPSA) is 54.4 Å². The molecule has 4 heteroatoms. The molecule has 1 fully saturated rings. The molecule has 1 aromatic rings. The summed E-state index contributed by atoms with van der Waals surface area (Å²) >= 11 is 5.48. The molecular formula is C19H25ClO3. The van der Waals surface area contributed by atoms with Crippen molar-refractivity contribution in [3.05, 3.63) is 35.4 Å². The Kier molecular flexibility index (Phi) is 5.20. The SMILES string of the molecule is CC(C)(C)C1(CC(=O)O)CCC(c2ccc(C(=O)Cl)cc2)CC1. The molecule has 1 aromatic carbocycles. The maximum absolute atomic E-state index is 11.3. The lowest BCUT2D eigenvalue weighted by atomic mass is 9.56. The van der Waals surface area contributed by atoms with Gasteiger partial charge in [-0.05, 0) is 71.7 Å². The van der Waals surface area contributed by atoms with Crippen LogP contribution in [0.25, 0.3) is 0 Å². The van der Waals surface area contributed by atoms with Crippen LogP contribution in [0.15, 0.2) is 24.3 Å². The van der Waals surface area contributed by atoms with Crippen LogP contribution in [0, 0.1) is 10.8 Å². The van der Waals surface area contributed by atoms with Crippen molar-refractivity contribution >= 4 is 22.8 Å². The van der Waals surface area contributed by atoms with Gasteiger partial charge in [-0.25, -0.2) is 0 Å². The molecule has 2 rings (SSSR count). The smallest absolute Gasteiger partial charge is 0.303 e. The summed E-state index contributed by atoms with van der Waals surface area (Å²) in [4.78, 5) is 22.5. The van der Waals surface area contributed by atoms with E-state index in [1.165, 1.54) is 5.56 Å². The fraction of sp³-hybridized carbons (Fsp3) is 0.579. The van der Waals surface area contributed by atoms with Crippen LogP contribution in [0.4, 0.5) is 0 Å². The first-order chi connectivity index (χ1) is 10.6. The first kappa shape index (κ1) is 18.0. The number of carboxylic acids is 1. The van der Waals surface area contributed by atoms with Crippen molar-refractivity contribution in [3.8, 4) is 0 Å². The van der Waals surface area contributed by atoms with Crippen LogP contribution >= 0.6 is 11.6 Å². The number of halogens is 1. The maximum atomic E-state index is 11.3. The van der Waals surface area contributed by atoms with Gasteiger partial charge in [-0.1, -0.05) is 32.9 Å². The zero-order valence-electron chi connectivity index (χ0n) is 14.1. The van der Waals surface area contributed by atoms with E-state index in [0.717, 1.165) is 25.7 Å². The van der Waals surface area contributed by atoms with Crippen LogP contribution < -0.4 is 0 Å². The molecule has 1 N–H and O–H groups in total. The van der Waals surface area contributed by atoms with Gasteiger partial charge in [0.2, 0.25) is 0 Å². The second-order valence-electron chi connectivity index (χ2n) is 7.77. The third-order valence-corrected chi connectivity index (χ3v) is 5.85. The highest BCUT2D eigenvalue weighted by atomic mass is 35.5. The van der Waals surface area contributed by atoms with E-state index >= 15 is 0 Å². The lowest BCUT2D eigenvalue weighted by Gasteiger charge is -2.48. The summed E-state index contributed by atoms with van der Waals surface area (Å²) in [7, 11) is 0. The highest BCUT2D eigenvalue weighted by molar-refractivity contribution is 6.67. The summed E-state index contributed by atoms with van der Waals surface area (Å²) in [5.74, 6) is -0.276. The fourth-order valence-electron chi connectivity index (χ4n) is 3.87. The van der Waals surface area contributed by atoms with Crippen molar-refractivity contribution in [2.45, 2.75) is 58.8 Å². The highest BCUT2D eigenvalue weighted by Gasteiger charge is 2.45. The van der Waals surface area contributed by atoms with E-state index in [2.05, 4.69) is 20.8 Å². The minimum atomic E-state index is -0.705. The van der Waals surface area contributed by atoms with E-state index in [-0.39, 0.29) is 17.3 Å². The van der Waals surface area contributed by atoms with Crippen LogP contribution in [0.2, 0.25) is 0 Å². The summed E-state index contributed by atoms with van der Waals surface area (Å²) in [5, 5.41) is 8.88. The van der Waals surface area contributed by atoms with Gasteiger partial charge in [-0.2, -0.15) is 0 Å². The van der Waals surface area contributed by atoms with Crippen molar-refractivity contribution in [2.24, 2.45) is 10.8 Å². The number of benzene rings is 1. The van der Waals surface area contributed by atoms with Gasteiger partial charge in [0.25, 0.3) is 5.24 Å². The quantitative estimate of drug-likeness (QED) is 0.766. The number of rotatable bonds is 4. The number of hydrogen-bond donors (Lipinski definition) is 1. The van der Waals surface area contributed by atoms with Crippen LogP contribution in [0.1, 0.15) is 74.7 Å². The summed E-state index contributed by atoms with van der Waals surface area (Å²) in [6, 6.07) is 7.49. The van der Waals surface area contributed by atoms with Crippen molar-refractivity contribution < 1.29 is 14.7 Å². The monoisotopic (exact) mass is 336 g/mol. The predicted octanol–water partition coefficient (Wildman–Crippen LogP) is 5.23. The first-order valence-electron chi connectivity index (χ1n) is 8.16. The summed E-state index contributed by atoms with van der Waals surface area (Å²) in [6.45, 7) is 6.45. The summed E-state index contributed by atoms with van der Waals surface area (Å²) in [6.07, 6.45) is 4.05. The Morgan fingerprint density at radius 1 is 1.17 bits per heavy atom. The average molecular weight is 337 g/mol. The van der Waals surface area contributed by atoms with Gasteiger partial charge >= 0.3 is 5.97 Å². The third-order valence-electron chi connectivity index (χ3n) is 5.63. The van der Waals surface area contributed by atoms with Crippen molar-refractivity contribution in [3.63, 3.8) is 0 Å². The Labute approximate surface area is 143 Å².